The molecule has 102 valence electrons. The SMILES string of the molecule is CCC(C)C(CN)c1ccc(OCC(C)C)cc1. The molecule has 2 nitrogen and oxygen atoms in total. The molecule has 0 heterocycles. The fourth-order valence-corrected chi connectivity index (χ4v) is 2.06. The minimum absolute atomic E-state index is 0.453. The molecule has 0 bridgehead atoms. The smallest absolute Gasteiger partial charge is 0.119 e. The van der Waals surface area contributed by atoms with Crippen molar-refractivity contribution in [2.45, 2.75) is 40.0 Å². The average molecular weight is 249 g/mol. The van der Waals surface area contributed by atoms with Crippen LogP contribution < -0.4 is 10.5 Å². The normalized spacial score (nSPS) is 14.6. The highest BCUT2D eigenvalue weighted by Crippen LogP contribution is 2.27. The molecule has 0 aliphatic rings. The molecule has 0 spiro atoms. The summed E-state index contributed by atoms with van der Waals surface area (Å²) in [7, 11) is 0. The number of benzene rings is 1. The molecule has 0 aliphatic heterocycles. The second kappa shape index (κ2) is 7.42. The van der Waals surface area contributed by atoms with Gasteiger partial charge < -0.3 is 10.5 Å². The fourth-order valence-electron chi connectivity index (χ4n) is 2.06. The van der Waals surface area contributed by atoms with E-state index >= 15 is 0 Å². The van der Waals surface area contributed by atoms with Crippen molar-refractivity contribution in [3.05, 3.63) is 29.8 Å². The van der Waals surface area contributed by atoms with Crippen molar-refractivity contribution in [1.29, 1.82) is 0 Å². The number of ether oxygens (including phenoxy) is 1. The molecule has 1 aromatic rings. The maximum Gasteiger partial charge on any atom is 0.119 e. The molecule has 0 saturated heterocycles. The van der Waals surface area contributed by atoms with E-state index in [0.717, 1.165) is 18.8 Å². The van der Waals surface area contributed by atoms with Gasteiger partial charge >= 0.3 is 0 Å². The van der Waals surface area contributed by atoms with E-state index in [-0.39, 0.29) is 0 Å². The Labute approximate surface area is 112 Å². The van der Waals surface area contributed by atoms with Gasteiger partial charge in [-0.2, -0.15) is 0 Å². The third kappa shape index (κ3) is 4.34. The van der Waals surface area contributed by atoms with E-state index in [2.05, 4.69) is 52.0 Å². The third-order valence-electron chi connectivity index (χ3n) is 3.48. The Balaban J connectivity index is 2.68. The maximum atomic E-state index is 5.89. The second-order valence-corrected chi connectivity index (χ2v) is 5.50. The lowest BCUT2D eigenvalue weighted by Crippen LogP contribution is -2.19. The van der Waals surface area contributed by atoms with Crippen LogP contribution in [0.2, 0.25) is 0 Å². The van der Waals surface area contributed by atoms with E-state index in [4.69, 9.17) is 10.5 Å². The molecular formula is C16H27NO. The number of hydrogen-bond donors (Lipinski definition) is 1. The topological polar surface area (TPSA) is 35.2 Å². The van der Waals surface area contributed by atoms with E-state index in [1.54, 1.807) is 0 Å². The molecule has 1 aromatic carbocycles. The van der Waals surface area contributed by atoms with Gasteiger partial charge in [0.05, 0.1) is 6.61 Å². The predicted molar refractivity (Wildman–Crippen MR) is 78.0 cm³/mol. The largest absolute Gasteiger partial charge is 0.493 e. The summed E-state index contributed by atoms with van der Waals surface area (Å²) < 4.78 is 5.69. The lowest BCUT2D eigenvalue weighted by atomic mass is 9.86. The molecule has 2 N–H and O–H groups in total. The van der Waals surface area contributed by atoms with Crippen molar-refractivity contribution >= 4 is 0 Å². The third-order valence-corrected chi connectivity index (χ3v) is 3.48. The molecular weight excluding hydrogens is 222 g/mol. The molecule has 1 rings (SSSR count). The fraction of sp³-hybridized carbons (Fsp3) is 0.625. The first kappa shape index (κ1) is 15.0. The van der Waals surface area contributed by atoms with Crippen LogP contribution in [0.3, 0.4) is 0 Å². The van der Waals surface area contributed by atoms with E-state index < -0.39 is 0 Å². The van der Waals surface area contributed by atoms with Gasteiger partial charge in [0.2, 0.25) is 0 Å². The van der Waals surface area contributed by atoms with Crippen molar-refractivity contribution in [3.8, 4) is 5.75 Å². The molecule has 18 heavy (non-hydrogen) atoms. The molecule has 0 aromatic heterocycles. The van der Waals surface area contributed by atoms with E-state index in [9.17, 15) is 0 Å². The highest BCUT2D eigenvalue weighted by atomic mass is 16.5. The molecule has 2 unspecified atom stereocenters. The number of hydrogen-bond acceptors (Lipinski definition) is 2. The Morgan fingerprint density at radius 2 is 1.72 bits per heavy atom. The first-order valence-electron chi connectivity index (χ1n) is 7.01. The summed E-state index contributed by atoms with van der Waals surface area (Å²) >= 11 is 0. The van der Waals surface area contributed by atoms with Crippen LogP contribution in [0.1, 0.15) is 45.6 Å². The van der Waals surface area contributed by atoms with Crippen LogP contribution in [0.4, 0.5) is 0 Å². The Kier molecular flexibility index (Phi) is 6.20. The summed E-state index contributed by atoms with van der Waals surface area (Å²) in [5, 5.41) is 0. The van der Waals surface area contributed by atoms with Crippen LogP contribution in [0.5, 0.6) is 5.75 Å². The quantitative estimate of drug-likeness (QED) is 0.797. The van der Waals surface area contributed by atoms with Crippen LogP contribution in [0.25, 0.3) is 0 Å². The zero-order valence-corrected chi connectivity index (χ0v) is 12.1. The minimum Gasteiger partial charge on any atom is -0.493 e. The molecule has 0 fully saturated rings. The monoisotopic (exact) mass is 249 g/mol. The van der Waals surface area contributed by atoms with Crippen molar-refractivity contribution in [3.63, 3.8) is 0 Å². The van der Waals surface area contributed by atoms with Gasteiger partial charge in [-0.15, -0.1) is 0 Å². The average Bonchev–Trinajstić information content (AvgIpc) is 2.38. The maximum absolute atomic E-state index is 5.89. The molecule has 2 heteroatoms. The van der Waals surface area contributed by atoms with Gasteiger partial charge in [0, 0.05) is 0 Å². The number of nitrogens with two attached hydrogens (primary N) is 1. The minimum atomic E-state index is 0.453. The van der Waals surface area contributed by atoms with Crippen LogP contribution in [0, 0.1) is 11.8 Å². The predicted octanol–water partition coefficient (Wildman–Crippen LogP) is 3.81. The Morgan fingerprint density at radius 1 is 1.11 bits per heavy atom. The van der Waals surface area contributed by atoms with E-state index in [1.165, 1.54) is 5.56 Å². The van der Waals surface area contributed by atoms with Gasteiger partial charge in [-0.1, -0.05) is 46.2 Å². The zero-order chi connectivity index (χ0) is 13.5. The second-order valence-electron chi connectivity index (χ2n) is 5.50. The molecule has 2 atom stereocenters. The highest BCUT2D eigenvalue weighted by molar-refractivity contribution is 5.30. The van der Waals surface area contributed by atoms with Gasteiger partial charge in [-0.3, -0.25) is 0 Å². The van der Waals surface area contributed by atoms with Crippen molar-refractivity contribution in [2.24, 2.45) is 17.6 Å². The van der Waals surface area contributed by atoms with Gasteiger partial charge in [-0.25, -0.2) is 0 Å². The van der Waals surface area contributed by atoms with Crippen LogP contribution in [-0.2, 0) is 0 Å². The van der Waals surface area contributed by atoms with Crippen molar-refractivity contribution in [2.75, 3.05) is 13.2 Å². The molecule has 0 aliphatic carbocycles. The summed E-state index contributed by atoms with van der Waals surface area (Å²) in [4.78, 5) is 0. The standard InChI is InChI=1S/C16H27NO/c1-5-13(4)16(10-17)14-6-8-15(9-7-14)18-11-12(2)3/h6-9,12-13,16H,5,10-11,17H2,1-4H3. The number of rotatable bonds is 7. The van der Waals surface area contributed by atoms with E-state index in [0.29, 0.717) is 24.3 Å². The Bertz CT molecular complexity index is 331. The van der Waals surface area contributed by atoms with Crippen molar-refractivity contribution in [1.82, 2.24) is 0 Å². The summed E-state index contributed by atoms with van der Waals surface area (Å²) in [6.07, 6.45) is 1.16. The molecule has 0 saturated carbocycles. The van der Waals surface area contributed by atoms with Gasteiger partial charge in [0.1, 0.15) is 5.75 Å². The Hall–Kier alpha value is -1.02. The zero-order valence-electron chi connectivity index (χ0n) is 12.1. The van der Waals surface area contributed by atoms with E-state index in [1.807, 2.05) is 0 Å². The summed E-state index contributed by atoms with van der Waals surface area (Å²) in [5.41, 5.74) is 7.21. The van der Waals surface area contributed by atoms with Crippen LogP contribution in [0.15, 0.2) is 24.3 Å². The van der Waals surface area contributed by atoms with Gasteiger partial charge in [0.15, 0.2) is 0 Å². The lowest BCUT2D eigenvalue weighted by molar-refractivity contribution is 0.271. The van der Waals surface area contributed by atoms with Crippen molar-refractivity contribution < 1.29 is 4.74 Å². The Morgan fingerprint density at radius 3 is 2.17 bits per heavy atom. The summed E-state index contributed by atoms with van der Waals surface area (Å²) in [6.45, 7) is 10.3. The first-order valence-corrected chi connectivity index (χ1v) is 7.01. The first-order chi connectivity index (χ1) is 8.58. The van der Waals surface area contributed by atoms with Crippen LogP contribution in [-0.4, -0.2) is 13.2 Å². The lowest BCUT2D eigenvalue weighted by Gasteiger charge is -2.22. The highest BCUT2D eigenvalue weighted by Gasteiger charge is 2.16. The molecule has 0 radical (unpaired) electrons. The summed E-state index contributed by atoms with van der Waals surface area (Å²) in [6, 6.07) is 8.42. The van der Waals surface area contributed by atoms with Crippen LogP contribution >= 0.6 is 0 Å². The summed E-state index contributed by atoms with van der Waals surface area (Å²) in [5.74, 6) is 2.58. The van der Waals surface area contributed by atoms with Gasteiger partial charge in [-0.05, 0) is 42.0 Å². The van der Waals surface area contributed by atoms with Gasteiger partial charge in [0.25, 0.3) is 0 Å². The molecule has 0 amide bonds.